The van der Waals surface area contributed by atoms with Gasteiger partial charge in [0.25, 0.3) is 11.8 Å². The summed E-state index contributed by atoms with van der Waals surface area (Å²) in [6, 6.07) is 9.71. The summed E-state index contributed by atoms with van der Waals surface area (Å²) in [7, 11) is 0. The molecule has 1 atom stereocenters. The molecule has 0 aliphatic heterocycles. The second-order valence-electron chi connectivity index (χ2n) is 6.59. The summed E-state index contributed by atoms with van der Waals surface area (Å²) in [6.45, 7) is 6.12. The average molecular weight is 371 g/mol. The molecule has 0 fully saturated rings. The highest BCUT2D eigenvalue weighted by Gasteiger charge is 2.24. The van der Waals surface area contributed by atoms with Gasteiger partial charge in [-0.25, -0.2) is 0 Å². The van der Waals surface area contributed by atoms with Gasteiger partial charge in [-0.3, -0.25) is 14.4 Å². The summed E-state index contributed by atoms with van der Waals surface area (Å²) in [5, 5.41) is 8.16. The molecule has 7 nitrogen and oxygen atoms in total. The SMILES string of the molecule is Cc1cccc(C(=O)N[C@@H](C(=O)NCCNC(=O)c2ccco2)C(C)C)c1. The van der Waals surface area contributed by atoms with Gasteiger partial charge in [-0.15, -0.1) is 0 Å². The number of furan rings is 1. The number of rotatable bonds is 8. The van der Waals surface area contributed by atoms with E-state index in [1.54, 1.807) is 30.3 Å². The molecule has 0 bridgehead atoms. The van der Waals surface area contributed by atoms with E-state index in [0.717, 1.165) is 5.56 Å². The average Bonchev–Trinajstić information content (AvgIpc) is 3.17. The van der Waals surface area contributed by atoms with Crippen LogP contribution in [-0.4, -0.2) is 36.9 Å². The summed E-state index contributed by atoms with van der Waals surface area (Å²) in [5.41, 5.74) is 1.49. The van der Waals surface area contributed by atoms with Gasteiger partial charge in [0.1, 0.15) is 6.04 Å². The summed E-state index contributed by atoms with van der Waals surface area (Å²) in [4.78, 5) is 36.6. The number of amides is 3. The van der Waals surface area contributed by atoms with Crippen molar-refractivity contribution in [2.75, 3.05) is 13.1 Å². The molecule has 0 aliphatic rings. The molecule has 0 saturated heterocycles. The fourth-order valence-corrected chi connectivity index (χ4v) is 2.51. The summed E-state index contributed by atoms with van der Waals surface area (Å²) < 4.78 is 4.99. The van der Waals surface area contributed by atoms with Crippen molar-refractivity contribution in [2.24, 2.45) is 5.92 Å². The molecule has 3 amide bonds. The lowest BCUT2D eigenvalue weighted by Gasteiger charge is -2.22. The van der Waals surface area contributed by atoms with Crippen LogP contribution >= 0.6 is 0 Å². The Morgan fingerprint density at radius 3 is 2.37 bits per heavy atom. The highest BCUT2D eigenvalue weighted by atomic mass is 16.3. The number of hydrogen-bond donors (Lipinski definition) is 3. The molecule has 0 radical (unpaired) electrons. The van der Waals surface area contributed by atoms with Crippen molar-refractivity contribution in [3.8, 4) is 0 Å². The second-order valence-corrected chi connectivity index (χ2v) is 6.59. The van der Waals surface area contributed by atoms with Crippen LogP contribution in [0.25, 0.3) is 0 Å². The Balaban J connectivity index is 1.83. The molecule has 0 spiro atoms. The molecule has 3 N–H and O–H groups in total. The minimum atomic E-state index is -0.668. The van der Waals surface area contributed by atoms with Gasteiger partial charge in [0.2, 0.25) is 5.91 Å². The third kappa shape index (κ3) is 5.99. The third-order valence-electron chi connectivity index (χ3n) is 3.97. The predicted molar refractivity (Wildman–Crippen MR) is 101 cm³/mol. The Bertz CT molecular complexity index is 784. The van der Waals surface area contributed by atoms with E-state index >= 15 is 0 Å². The van der Waals surface area contributed by atoms with Crippen molar-refractivity contribution in [1.29, 1.82) is 0 Å². The Hall–Kier alpha value is -3.09. The fraction of sp³-hybridized carbons (Fsp3) is 0.350. The van der Waals surface area contributed by atoms with Gasteiger partial charge in [-0.05, 0) is 37.1 Å². The van der Waals surface area contributed by atoms with E-state index in [0.29, 0.717) is 5.56 Å². The van der Waals surface area contributed by atoms with E-state index < -0.39 is 6.04 Å². The Morgan fingerprint density at radius 1 is 1.00 bits per heavy atom. The molecule has 0 unspecified atom stereocenters. The highest BCUT2D eigenvalue weighted by Crippen LogP contribution is 2.07. The maximum atomic E-state index is 12.4. The van der Waals surface area contributed by atoms with Crippen molar-refractivity contribution in [3.05, 3.63) is 59.5 Å². The molecule has 2 rings (SSSR count). The minimum absolute atomic E-state index is 0.0866. The number of aryl methyl sites for hydroxylation is 1. The Labute approximate surface area is 158 Å². The van der Waals surface area contributed by atoms with Crippen molar-refractivity contribution in [3.63, 3.8) is 0 Å². The molecule has 2 aromatic rings. The zero-order chi connectivity index (χ0) is 19.8. The molecule has 144 valence electrons. The van der Waals surface area contributed by atoms with Crippen LogP contribution < -0.4 is 16.0 Å². The molecule has 27 heavy (non-hydrogen) atoms. The van der Waals surface area contributed by atoms with Crippen LogP contribution in [0.3, 0.4) is 0 Å². The summed E-state index contributed by atoms with van der Waals surface area (Å²) in [5.74, 6) is -0.803. The van der Waals surface area contributed by atoms with Crippen LogP contribution in [-0.2, 0) is 4.79 Å². The summed E-state index contributed by atoms with van der Waals surface area (Å²) >= 11 is 0. The maximum absolute atomic E-state index is 12.4. The third-order valence-corrected chi connectivity index (χ3v) is 3.97. The van der Waals surface area contributed by atoms with E-state index in [-0.39, 0.29) is 42.5 Å². The Kier molecular flexibility index (Phi) is 7.16. The molecule has 1 aromatic carbocycles. The molecule has 7 heteroatoms. The smallest absolute Gasteiger partial charge is 0.287 e. The van der Waals surface area contributed by atoms with E-state index in [2.05, 4.69) is 16.0 Å². The first kappa shape index (κ1) is 20.2. The maximum Gasteiger partial charge on any atom is 0.287 e. The Morgan fingerprint density at radius 2 is 1.74 bits per heavy atom. The van der Waals surface area contributed by atoms with E-state index in [9.17, 15) is 14.4 Å². The predicted octanol–water partition coefficient (Wildman–Crippen LogP) is 1.89. The lowest BCUT2D eigenvalue weighted by atomic mass is 10.0. The van der Waals surface area contributed by atoms with E-state index in [1.165, 1.54) is 6.26 Å². The van der Waals surface area contributed by atoms with Crippen molar-refractivity contribution < 1.29 is 18.8 Å². The topological polar surface area (TPSA) is 100 Å². The highest BCUT2D eigenvalue weighted by molar-refractivity contribution is 5.97. The van der Waals surface area contributed by atoms with E-state index in [1.807, 2.05) is 26.8 Å². The van der Waals surface area contributed by atoms with Gasteiger partial charge in [0, 0.05) is 18.7 Å². The lowest BCUT2D eigenvalue weighted by molar-refractivity contribution is -0.123. The van der Waals surface area contributed by atoms with Gasteiger partial charge >= 0.3 is 0 Å². The molecule has 1 heterocycles. The van der Waals surface area contributed by atoms with Crippen molar-refractivity contribution >= 4 is 17.7 Å². The first-order valence-electron chi connectivity index (χ1n) is 8.85. The second kappa shape index (κ2) is 9.56. The summed E-state index contributed by atoms with van der Waals surface area (Å²) in [6.07, 6.45) is 1.42. The van der Waals surface area contributed by atoms with Crippen LogP contribution in [0.15, 0.2) is 47.1 Å². The van der Waals surface area contributed by atoms with Gasteiger partial charge in [0.05, 0.1) is 6.26 Å². The zero-order valence-electron chi connectivity index (χ0n) is 15.7. The number of hydrogen-bond acceptors (Lipinski definition) is 4. The van der Waals surface area contributed by atoms with Gasteiger partial charge < -0.3 is 20.4 Å². The number of carbonyl (C=O) groups is 3. The van der Waals surface area contributed by atoms with Gasteiger partial charge in [0.15, 0.2) is 5.76 Å². The van der Waals surface area contributed by atoms with Crippen LogP contribution in [0.2, 0.25) is 0 Å². The largest absolute Gasteiger partial charge is 0.459 e. The fourth-order valence-electron chi connectivity index (χ4n) is 2.51. The number of nitrogens with one attached hydrogen (secondary N) is 3. The normalized spacial score (nSPS) is 11.7. The number of carbonyl (C=O) groups excluding carboxylic acids is 3. The molecule has 0 aliphatic carbocycles. The molecule has 0 saturated carbocycles. The van der Waals surface area contributed by atoms with Crippen molar-refractivity contribution in [2.45, 2.75) is 26.8 Å². The number of benzene rings is 1. The van der Waals surface area contributed by atoms with Crippen LogP contribution in [0, 0.1) is 12.8 Å². The first-order valence-corrected chi connectivity index (χ1v) is 8.85. The van der Waals surface area contributed by atoms with E-state index in [4.69, 9.17) is 4.42 Å². The first-order chi connectivity index (χ1) is 12.9. The molecule has 1 aromatic heterocycles. The standard InChI is InChI=1S/C20H25N3O4/c1-13(2)17(23-18(24)15-7-4-6-14(3)12-15)20(26)22-10-9-21-19(25)16-8-5-11-27-16/h4-8,11-13,17H,9-10H2,1-3H3,(H,21,25)(H,22,26)(H,23,24)/t17-/m1/s1. The minimum Gasteiger partial charge on any atom is -0.459 e. The van der Waals surface area contributed by atoms with Crippen LogP contribution in [0.5, 0.6) is 0 Å². The van der Waals surface area contributed by atoms with Crippen molar-refractivity contribution in [1.82, 2.24) is 16.0 Å². The van der Waals surface area contributed by atoms with Gasteiger partial charge in [-0.2, -0.15) is 0 Å². The monoisotopic (exact) mass is 371 g/mol. The molecular formula is C20H25N3O4. The molecular weight excluding hydrogens is 346 g/mol. The quantitative estimate of drug-likeness (QED) is 0.617. The van der Waals surface area contributed by atoms with Gasteiger partial charge in [-0.1, -0.05) is 31.5 Å². The lowest BCUT2D eigenvalue weighted by Crippen LogP contribution is -2.50. The van der Waals surface area contributed by atoms with Crippen LogP contribution in [0.4, 0.5) is 0 Å². The zero-order valence-corrected chi connectivity index (χ0v) is 15.7. The van der Waals surface area contributed by atoms with Crippen LogP contribution in [0.1, 0.15) is 40.3 Å².